The predicted octanol–water partition coefficient (Wildman–Crippen LogP) is 5.75. The first-order valence-corrected chi connectivity index (χ1v) is 14.1. The van der Waals surface area contributed by atoms with Gasteiger partial charge >= 0.3 is 0 Å². The van der Waals surface area contributed by atoms with E-state index in [1.165, 1.54) is 0 Å². The lowest BCUT2D eigenvalue weighted by Crippen LogP contribution is -2.50. The normalized spacial score (nSPS) is 12.9. The van der Waals surface area contributed by atoms with Gasteiger partial charge in [-0.25, -0.2) is 0 Å². The van der Waals surface area contributed by atoms with Crippen LogP contribution in [0.15, 0.2) is 97.1 Å². The summed E-state index contributed by atoms with van der Waals surface area (Å²) in [5.41, 5.74) is 3.57. The highest BCUT2D eigenvalue weighted by molar-refractivity contribution is 6.25. The summed E-state index contributed by atoms with van der Waals surface area (Å²) >= 11 is 0. The Hall–Kier alpha value is -4.45. The Labute approximate surface area is 235 Å². The molecule has 0 aromatic heterocycles. The number of hydrogen-bond acceptors (Lipinski definition) is 3. The molecule has 1 N–H and O–H groups in total. The van der Waals surface area contributed by atoms with Gasteiger partial charge in [-0.3, -0.25) is 14.4 Å². The molecule has 1 aliphatic heterocycles. The van der Waals surface area contributed by atoms with Crippen LogP contribution in [-0.2, 0) is 22.6 Å². The van der Waals surface area contributed by atoms with Crippen LogP contribution in [0, 0.1) is 0 Å². The molecule has 0 fully saturated rings. The summed E-state index contributed by atoms with van der Waals surface area (Å²) in [5.74, 6) is -0.271. The zero-order chi connectivity index (χ0) is 27.9. The van der Waals surface area contributed by atoms with Gasteiger partial charge in [0.05, 0.1) is 5.69 Å². The predicted molar refractivity (Wildman–Crippen MR) is 159 cm³/mol. The van der Waals surface area contributed by atoms with Crippen molar-refractivity contribution in [2.75, 3.05) is 18.0 Å². The first-order valence-electron chi connectivity index (χ1n) is 14.1. The molecule has 0 spiro atoms. The summed E-state index contributed by atoms with van der Waals surface area (Å²) in [6.07, 6.45) is 1.97. The molecule has 5 rings (SSSR count). The van der Waals surface area contributed by atoms with Crippen LogP contribution < -0.4 is 10.2 Å². The number of benzene rings is 4. The van der Waals surface area contributed by atoms with E-state index in [-0.39, 0.29) is 24.1 Å². The van der Waals surface area contributed by atoms with Crippen molar-refractivity contribution in [2.24, 2.45) is 0 Å². The average molecular weight is 534 g/mol. The number of nitrogens with zero attached hydrogens (tertiary/aromatic N) is 2. The van der Waals surface area contributed by atoms with E-state index in [0.717, 1.165) is 34.0 Å². The first-order chi connectivity index (χ1) is 19.6. The first kappa shape index (κ1) is 27.1. The highest BCUT2D eigenvalue weighted by atomic mass is 16.2. The van der Waals surface area contributed by atoms with E-state index in [9.17, 15) is 14.4 Å². The molecule has 0 saturated carbocycles. The van der Waals surface area contributed by atoms with E-state index < -0.39 is 6.04 Å². The third kappa shape index (κ3) is 5.91. The number of amides is 3. The Morgan fingerprint density at radius 3 is 2.23 bits per heavy atom. The van der Waals surface area contributed by atoms with Crippen molar-refractivity contribution in [1.82, 2.24) is 10.2 Å². The summed E-state index contributed by atoms with van der Waals surface area (Å²) < 4.78 is 0. The highest BCUT2D eigenvalue weighted by Crippen LogP contribution is 2.37. The maximum Gasteiger partial charge on any atom is 0.258 e. The van der Waals surface area contributed by atoms with Crippen LogP contribution in [0.4, 0.5) is 5.69 Å². The maximum absolute atomic E-state index is 13.9. The minimum atomic E-state index is -0.645. The molecule has 40 heavy (non-hydrogen) atoms. The second-order valence-electron chi connectivity index (χ2n) is 10.2. The van der Waals surface area contributed by atoms with Gasteiger partial charge in [-0.1, -0.05) is 91.9 Å². The highest BCUT2D eigenvalue weighted by Gasteiger charge is 2.32. The lowest BCUT2D eigenvalue weighted by Gasteiger charge is -2.32. The standard InChI is InChI=1S/C34H35N3O3/c1-2-21-35-33(39)30(23-25-12-5-3-6-13-25)37(24-26-14-7-4-8-15-26)31(38)20-11-22-36-29-19-10-17-27-16-9-18-28(32(27)29)34(36)40/h3-10,12-19,30H,2,11,20-24H2,1H3,(H,35,39)/t30-/m0/s1. The second kappa shape index (κ2) is 12.6. The fourth-order valence-corrected chi connectivity index (χ4v) is 5.43. The average Bonchev–Trinajstić information content (AvgIpc) is 3.26. The molecule has 3 amide bonds. The zero-order valence-electron chi connectivity index (χ0n) is 22.9. The molecule has 0 aliphatic carbocycles. The smallest absolute Gasteiger partial charge is 0.258 e. The van der Waals surface area contributed by atoms with Crippen molar-refractivity contribution in [3.05, 3.63) is 114 Å². The largest absolute Gasteiger partial charge is 0.354 e. The van der Waals surface area contributed by atoms with Crippen LogP contribution in [0.2, 0.25) is 0 Å². The molecule has 1 aliphatic rings. The summed E-state index contributed by atoms with van der Waals surface area (Å²) in [5, 5.41) is 5.03. The fourth-order valence-electron chi connectivity index (χ4n) is 5.43. The van der Waals surface area contributed by atoms with E-state index in [2.05, 4.69) is 5.32 Å². The quantitative estimate of drug-likeness (QED) is 0.252. The van der Waals surface area contributed by atoms with Crippen molar-refractivity contribution in [3.8, 4) is 0 Å². The summed E-state index contributed by atoms with van der Waals surface area (Å²) in [6.45, 7) is 3.34. The van der Waals surface area contributed by atoms with E-state index in [1.54, 1.807) is 9.80 Å². The monoisotopic (exact) mass is 533 g/mol. The molecule has 204 valence electrons. The summed E-state index contributed by atoms with van der Waals surface area (Å²) in [7, 11) is 0. The second-order valence-corrected chi connectivity index (χ2v) is 10.2. The van der Waals surface area contributed by atoms with Crippen LogP contribution in [0.3, 0.4) is 0 Å². The Bertz CT molecular complexity index is 1480. The van der Waals surface area contributed by atoms with Gasteiger partial charge in [0.25, 0.3) is 5.91 Å². The van der Waals surface area contributed by atoms with Crippen molar-refractivity contribution in [1.29, 1.82) is 0 Å². The van der Waals surface area contributed by atoms with Gasteiger partial charge in [-0.15, -0.1) is 0 Å². The molecule has 4 aromatic carbocycles. The van der Waals surface area contributed by atoms with E-state index in [1.807, 2.05) is 104 Å². The number of rotatable bonds is 12. The molecule has 1 heterocycles. The van der Waals surface area contributed by atoms with Crippen molar-refractivity contribution in [3.63, 3.8) is 0 Å². The van der Waals surface area contributed by atoms with Crippen LogP contribution in [0.5, 0.6) is 0 Å². The van der Waals surface area contributed by atoms with Crippen LogP contribution in [0.25, 0.3) is 10.8 Å². The molecular formula is C34H35N3O3. The Morgan fingerprint density at radius 1 is 0.850 bits per heavy atom. The number of carbonyl (C=O) groups is 3. The lowest BCUT2D eigenvalue weighted by molar-refractivity contribution is -0.141. The Morgan fingerprint density at radius 2 is 1.52 bits per heavy atom. The number of anilines is 1. The maximum atomic E-state index is 13.9. The van der Waals surface area contributed by atoms with Gasteiger partial charge in [0.2, 0.25) is 11.8 Å². The van der Waals surface area contributed by atoms with Gasteiger partial charge in [0, 0.05) is 43.4 Å². The summed E-state index contributed by atoms with van der Waals surface area (Å²) in [6, 6.07) is 30.7. The third-order valence-electron chi connectivity index (χ3n) is 7.44. The molecule has 0 saturated heterocycles. The van der Waals surface area contributed by atoms with Gasteiger partial charge < -0.3 is 15.1 Å². The van der Waals surface area contributed by atoms with Gasteiger partial charge in [-0.05, 0) is 41.5 Å². The number of nitrogens with one attached hydrogen (secondary N) is 1. The topological polar surface area (TPSA) is 69.7 Å². The third-order valence-corrected chi connectivity index (χ3v) is 7.44. The zero-order valence-corrected chi connectivity index (χ0v) is 22.9. The molecule has 0 radical (unpaired) electrons. The van der Waals surface area contributed by atoms with E-state index in [0.29, 0.717) is 38.0 Å². The Kier molecular flexibility index (Phi) is 8.55. The van der Waals surface area contributed by atoms with Crippen LogP contribution in [0.1, 0.15) is 47.7 Å². The van der Waals surface area contributed by atoms with Gasteiger partial charge in [0.15, 0.2) is 0 Å². The molecule has 0 bridgehead atoms. The molecule has 6 nitrogen and oxygen atoms in total. The molecule has 1 atom stereocenters. The molecule has 4 aromatic rings. The van der Waals surface area contributed by atoms with E-state index >= 15 is 0 Å². The van der Waals surface area contributed by atoms with E-state index in [4.69, 9.17) is 0 Å². The van der Waals surface area contributed by atoms with Crippen molar-refractivity contribution < 1.29 is 14.4 Å². The van der Waals surface area contributed by atoms with Gasteiger partial charge in [0.1, 0.15) is 6.04 Å². The number of hydrogen-bond donors (Lipinski definition) is 1. The van der Waals surface area contributed by atoms with Crippen molar-refractivity contribution >= 4 is 34.2 Å². The van der Waals surface area contributed by atoms with Crippen LogP contribution >= 0.6 is 0 Å². The number of carbonyl (C=O) groups excluding carboxylic acids is 3. The minimum Gasteiger partial charge on any atom is -0.354 e. The fraction of sp³-hybridized carbons (Fsp3) is 0.265. The minimum absolute atomic E-state index is 0.0266. The SMILES string of the molecule is CCCNC(=O)[C@H](Cc1ccccc1)N(Cc1ccccc1)C(=O)CCCN1C(=O)c2cccc3cccc1c23. The lowest BCUT2D eigenvalue weighted by atomic mass is 10.0. The summed E-state index contributed by atoms with van der Waals surface area (Å²) in [4.78, 5) is 44.0. The molecule has 6 heteroatoms. The molecular weight excluding hydrogens is 498 g/mol. The Balaban J connectivity index is 1.35. The molecule has 0 unspecified atom stereocenters. The van der Waals surface area contributed by atoms with Crippen molar-refractivity contribution in [2.45, 2.75) is 45.2 Å². The van der Waals surface area contributed by atoms with Gasteiger partial charge in [-0.2, -0.15) is 0 Å². The van der Waals surface area contributed by atoms with Crippen LogP contribution in [-0.4, -0.2) is 41.8 Å².